The maximum atomic E-state index is 13.8. The number of hydrogen-bond acceptors (Lipinski definition) is 4. The third-order valence-electron chi connectivity index (χ3n) is 6.24. The first kappa shape index (κ1) is 20.8. The number of quaternary nitrogens is 1. The van der Waals surface area contributed by atoms with Crippen molar-refractivity contribution in [2.24, 2.45) is 0 Å². The first-order chi connectivity index (χ1) is 15.5. The SMILES string of the molecule is O=C1c2oc3ccc(F)cc3c(=O)c2[C@@H](c2ccc(F)cc2)N1CCC[NH+]1CCOCC1. The summed E-state index contributed by atoms with van der Waals surface area (Å²) >= 11 is 0. The van der Waals surface area contributed by atoms with Crippen LogP contribution >= 0.6 is 0 Å². The minimum atomic E-state index is -0.707. The number of halogens is 2. The summed E-state index contributed by atoms with van der Waals surface area (Å²) in [4.78, 5) is 29.7. The van der Waals surface area contributed by atoms with Crippen molar-refractivity contribution in [3.63, 3.8) is 0 Å². The molecule has 0 radical (unpaired) electrons. The molecule has 6 nitrogen and oxygen atoms in total. The predicted octanol–water partition coefficient (Wildman–Crippen LogP) is 1.92. The van der Waals surface area contributed by atoms with Gasteiger partial charge in [0.05, 0.1) is 36.8 Å². The van der Waals surface area contributed by atoms with E-state index in [2.05, 4.69) is 0 Å². The Bertz CT molecular complexity index is 1220. The molecule has 8 heteroatoms. The number of nitrogens with zero attached hydrogens (tertiary/aromatic N) is 1. The summed E-state index contributed by atoms with van der Waals surface area (Å²) < 4.78 is 38.6. The summed E-state index contributed by atoms with van der Waals surface area (Å²) in [6.07, 6.45) is 0.731. The highest BCUT2D eigenvalue weighted by atomic mass is 19.1. The molecular weight excluding hydrogens is 418 g/mol. The molecule has 166 valence electrons. The van der Waals surface area contributed by atoms with Crippen LogP contribution in [0.3, 0.4) is 0 Å². The number of carbonyl (C=O) groups excluding carboxylic acids is 1. The number of morpholine rings is 1. The van der Waals surface area contributed by atoms with Gasteiger partial charge in [0.15, 0.2) is 5.43 Å². The lowest BCUT2D eigenvalue weighted by Crippen LogP contribution is -3.14. The largest absolute Gasteiger partial charge is 0.450 e. The standard InChI is InChI=1S/C24H22F2N2O4/c25-16-4-2-15(3-5-16)21-20-22(29)18-14-17(26)6-7-19(18)32-23(20)24(30)28(21)9-1-8-27-10-12-31-13-11-27/h2-7,14,21H,1,8-13H2/p+1/t21-/m1/s1. The lowest BCUT2D eigenvalue weighted by atomic mass is 9.98. The van der Waals surface area contributed by atoms with Gasteiger partial charge in [-0.1, -0.05) is 12.1 Å². The molecule has 3 heterocycles. The second-order valence-corrected chi connectivity index (χ2v) is 8.23. The van der Waals surface area contributed by atoms with E-state index < -0.39 is 23.1 Å². The number of ether oxygens (including phenoxy) is 1. The van der Waals surface area contributed by atoms with Gasteiger partial charge < -0.3 is 19.0 Å². The Morgan fingerprint density at radius 1 is 1.00 bits per heavy atom. The zero-order valence-electron chi connectivity index (χ0n) is 17.4. The number of carbonyl (C=O) groups is 1. The number of fused-ring (bicyclic) bond motifs is 2. The van der Waals surface area contributed by atoms with Gasteiger partial charge in [-0.15, -0.1) is 0 Å². The Hall–Kier alpha value is -3.10. The fourth-order valence-electron chi connectivity index (χ4n) is 4.62. The topological polar surface area (TPSA) is 64.2 Å². The first-order valence-electron chi connectivity index (χ1n) is 10.8. The Labute approximate surface area is 183 Å². The molecule has 1 aromatic heterocycles. The highest BCUT2D eigenvalue weighted by Crippen LogP contribution is 2.38. The van der Waals surface area contributed by atoms with Crippen molar-refractivity contribution in [3.05, 3.63) is 81.2 Å². The monoisotopic (exact) mass is 441 g/mol. The van der Waals surface area contributed by atoms with E-state index in [1.54, 1.807) is 17.0 Å². The molecule has 1 N–H and O–H groups in total. The van der Waals surface area contributed by atoms with Crippen LogP contribution in [0.5, 0.6) is 0 Å². The number of benzene rings is 2. The van der Waals surface area contributed by atoms with Crippen molar-refractivity contribution in [3.8, 4) is 0 Å². The summed E-state index contributed by atoms with van der Waals surface area (Å²) in [5.74, 6) is -1.37. The maximum absolute atomic E-state index is 13.8. The Kier molecular flexibility index (Phi) is 5.48. The third-order valence-corrected chi connectivity index (χ3v) is 6.24. The molecule has 2 aliphatic heterocycles. The van der Waals surface area contributed by atoms with Crippen molar-refractivity contribution < 1.29 is 27.6 Å². The molecule has 0 aliphatic carbocycles. The van der Waals surface area contributed by atoms with Crippen molar-refractivity contribution in [2.75, 3.05) is 39.4 Å². The Morgan fingerprint density at radius 3 is 2.47 bits per heavy atom. The van der Waals surface area contributed by atoms with E-state index in [0.29, 0.717) is 12.1 Å². The highest BCUT2D eigenvalue weighted by Gasteiger charge is 2.42. The van der Waals surface area contributed by atoms with Crippen LogP contribution in [0.25, 0.3) is 11.0 Å². The van der Waals surface area contributed by atoms with Gasteiger partial charge in [0.25, 0.3) is 5.91 Å². The molecule has 32 heavy (non-hydrogen) atoms. The highest BCUT2D eigenvalue weighted by molar-refractivity contribution is 5.99. The van der Waals surface area contributed by atoms with Gasteiger partial charge in [-0.25, -0.2) is 8.78 Å². The van der Waals surface area contributed by atoms with Crippen LogP contribution in [-0.4, -0.2) is 50.2 Å². The van der Waals surface area contributed by atoms with Crippen LogP contribution in [0.15, 0.2) is 51.7 Å². The van der Waals surface area contributed by atoms with Crippen molar-refractivity contribution >= 4 is 16.9 Å². The molecule has 0 unspecified atom stereocenters. The quantitative estimate of drug-likeness (QED) is 0.657. The summed E-state index contributed by atoms with van der Waals surface area (Å²) in [7, 11) is 0. The summed E-state index contributed by atoms with van der Waals surface area (Å²) in [6.45, 7) is 4.58. The number of rotatable bonds is 5. The van der Waals surface area contributed by atoms with Gasteiger partial charge in [0.2, 0.25) is 5.76 Å². The van der Waals surface area contributed by atoms with E-state index >= 15 is 0 Å². The maximum Gasteiger partial charge on any atom is 0.290 e. The third kappa shape index (κ3) is 3.69. The average molecular weight is 441 g/mol. The van der Waals surface area contributed by atoms with Gasteiger partial charge in [-0.3, -0.25) is 9.59 Å². The first-order valence-corrected chi connectivity index (χ1v) is 10.8. The van der Waals surface area contributed by atoms with Gasteiger partial charge >= 0.3 is 0 Å². The van der Waals surface area contributed by atoms with E-state index in [1.165, 1.54) is 29.2 Å². The lowest BCUT2D eigenvalue weighted by molar-refractivity contribution is -0.908. The molecule has 3 aromatic rings. The summed E-state index contributed by atoms with van der Waals surface area (Å²) in [5, 5.41) is 0.0864. The van der Waals surface area contributed by atoms with E-state index in [-0.39, 0.29) is 28.2 Å². The second-order valence-electron chi connectivity index (χ2n) is 8.23. The van der Waals surface area contributed by atoms with Crippen LogP contribution in [0.4, 0.5) is 8.78 Å². The van der Waals surface area contributed by atoms with Gasteiger partial charge in [0.1, 0.15) is 30.3 Å². The second kappa shape index (κ2) is 8.44. The van der Waals surface area contributed by atoms with Gasteiger partial charge in [0, 0.05) is 13.0 Å². The number of nitrogens with one attached hydrogen (secondary N) is 1. The molecule has 0 saturated carbocycles. The van der Waals surface area contributed by atoms with Crippen LogP contribution in [0.2, 0.25) is 0 Å². The molecule has 2 aliphatic rings. The fraction of sp³-hybridized carbons (Fsp3) is 0.333. The minimum Gasteiger partial charge on any atom is -0.450 e. The van der Waals surface area contributed by atoms with Crippen molar-refractivity contribution in [2.45, 2.75) is 12.5 Å². The van der Waals surface area contributed by atoms with E-state index in [0.717, 1.165) is 45.3 Å². The molecule has 1 saturated heterocycles. The fourth-order valence-corrected chi connectivity index (χ4v) is 4.62. The average Bonchev–Trinajstić information content (AvgIpc) is 3.08. The molecular formula is C24H23F2N2O4+. The van der Waals surface area contributed by atoms with Crippen molar-refractivity contribution in [1.29, 1.82) is 0 Å². The van der Waals surface area contributed by atoms with Crippen LogP contribution in [-0.2, 0) is 4.74 Å². The van der Waals surface area contributed by atoms with Crippen LogP contribution < -0.4 is 10.3 Å². The van der Waals surface area contributed by atoms with Gasteiger partial charge in [-0.05, 0) is 35.9 Å². The molecule has 2 aromatic carbocycles. The van der Waals surface area contributed by atoms with Crippen molar-refractivity contribution in [1.82, 2.24) is 4.90 Å². The zero-order chi connectivity index (χ0) is 22.2. The smallest absolute Gasteiger partial charge is 0.290 e. The molecule has 1 amide bonds. The molecule has 0 spiro atoms. The molecule has 1 fully saturated rings. The molecule has 1 atom stereocenters. The molecule has 0 bridgehead atoms. The van der Waals surface area contributed by atoms with Crippen LogP contribution in [0.1, 0.15) is 34.1 Å². The van der Waals surface area contributed by atoms with E-state index in [1.807, 2.05) is 0 Å². The van der Waals surface area contributed by atoms with E-state index in [4.69, 9.17) is 9.15 Å². The number of amides is 1. The van der Waals surface area contributed by atoms with Gasteiger partial charge in [-0.2, -0.15) is 0 Å². The zero-order valence-corrected chi connectivity index (χ0v) is 17.4. The Balaban J connectivity index is 1.53. The Morgan fingerprint density at radius 2 is 1.72 bits per heavy atom. The summed E-state index contributed by atoms with van der Waals surface area (Å²) in [5.41, 5.74) is 0.518. The predicted molar refractivity (Wildman–Crippen MR) is 113 cm³/mol. The van der Waals surface area contributed by atoms with E-state index in [9.17, 15) is 18.4 Å². The molecule has 5 rings (SSSR count). The van der Waals surface area contributed by atoms with Crippen LogP contribution in [0, 0.1) is 11.6 Å². The lowest BCUT2D eigenvalue weighted by Gasteiger charge is -2.27. The summed E-state index contributed by atoms with van der Waals surface area (Å²) in [6, 6.07) is 8.70. The number of hydrogen-bond donors (Lipinski definition) is 1. The normalized spacial score (nSPS) is 19.0. The minimum absolute atomic E-state index is 0.0258.